The minimum absolute atomic E-state index is 0.185. The molecule has 0 bridgehead atoms. The van der Waals surface area contributed by atoms with E-state index in [4.69, 9.17) is 5.11 Å². The number of aliphatic hydroxyl groups is 1. The maximum atomic E-state index is 12.8. The number of halogens is 1. The predicted octanol–water partition coefficient (Wildman–Crippen LogP) is 3.15. The number of hydrogen-bond acceptors (Lipinski definition) is 2. The number of nitrogens with one attached hydrogen (secondary N) is 1. The summed E-state index contributed by atoms with van der Waals surface area (Å²) in [6, 6.07) is 7.06. The minimum Gasteiger partial charge on any atom is -0.396 e. The van der Waals surface area contributed by atoms with Gasteiger partial charge in [0.2, 0.25) is 0 Å². The van der Waals surface area contributed by atoms with E-state index in [2.05, 4.69) is 19.2 Å². The van der Waals surface area contributed by atoms with Crippen LogP contribution in [0.2, 0.25) is 0 Å². The van der Waals surface area contributed by atoms with Gasteiger partial charge in [-0.3, -0.25) is 0 Å². The van der Waals surface area contributed by atoms with Gasteiger partial charge in [0.1, 0.15) is 5.82 Å². The molecule has 108 valence electrons. The molecular weight excluding hydrogens is 241 g/mol. The molecule has 19 heavy (non-hydrogen) atoms. The van der Waals surface area contributed by atoms with Crippen LogP contribution in [0.5, 0.6) is 0 Å². The van der Waals surface area contributed by atoms with Gasteiger partial charge in [-0.25, -0.2) is 4.39 Å². The Labute approximate surface area is 116 Å². The van der Waals surface area contributed by atoms with Gasteiger partial charge in [-0.2, -0.15) is 0 Å². The average Bonchev–Trinajstić information content (AvgIpc) is 2.39. The molecule has 0 aliphatic rings. The lowest BCUT2D eigenvalue weighted by Gasteiger charge is -2.20. The quantitative estimate of drug-likeness (QED) is 0.720. The Morgan fingerprint density at radius 2 is 1.89 bits per heavy atom. The summed E-state index contributed by atoms with van der Waals surface area (Å²) in [5.74, 6) is 0.362. The summed E-state index contributed by atoms with van der Waals surface area (Å²) >= 11 is 0. The van der Waals surface area contributed by atoms with E-state index >= 15 is 0 Å². The summed E-state index contributed by atoms with van der Waals surface area (Å²) < 4.78 is 12.8. The van der Waals surface area contributed by atoms with Crippen LogP contribution >= 0.6 is 0 Å². The lowest BCUT2D eigenvalue weighted by atomic mass is 9.99. The van der Waals surface area contributed by atoms with E-state index in [1.807, 2.05) is 12.1 Å². The van der Waals surface area contributed by atoms with Crippen LogP contribution in [0.3, 0.4) is 0 Å². The van der Waals surface area contributed by atoms with Gasteiger partial charge in [-0.1, -0.05) is 25.5 Å². The summed E-state index contributed by atoms with van der Waals surface area (Å²) in [6.07, 6.45) is 4.07. The van der Waals surface area contributed by atoms with Gasteiger partial charge < -0.3 is 10.4 Å². The van der Waals surface area contributed by atoms with E-state index in [1.54, 1.807) is 0 Å². The molecule has 2 N–H and O–H groups in total. The molecule has 0 aliphatic heterocycles. The van der Waals surface area contributed by atoms with Gasteiger partial charge in [0.15, 0.2) is 0 Å². The second-order valence-electron chi connectivity index (χ2n) is 5.31. The Balaban J connectivity index is 2.33. The van der Waals surface area contributed by atoms with Gasteiger partial charge in [-0.15, -0.1) is 0 Å². The second-order valence-corrected chi connectivity index (χ2v) is 5.31. The van der Waals surface area contributed by atoms with Crippen molar-refractivity contribution >= 4 is 0 Å². The SMILES string of the molecule is CCCC(CCO)CNC(C)Cc1ccc(F)cc1. The number of hydrogen-bond donors (Lipinski definition) is 2. The van der Waals surface area contributed by atoms with Crippen LogP contribution < -0.4 is 5.32 Å². The highest BCUT2D eigenvalue weighted by Crippen LogP contribution is 2.11. The standard InChI is InChI=1S/C16H26FNO/c1-3-4-15(9-10-19)12-18-13(2)11-14-5-7-16(17)8-6-14/h5-8,13,15,18-19H,3-4,9-12H2,1-2H3. The molecule has 0 saturated carbocycles. The predicted molar refractivity (Wildman–Crippen MR) is 77.7 cm³/mol. The molecule has 3 heteroatoms. The molecule has 2 nitrogen and oxygen atoms in total. The molecule has 0 saturated heterocycles. The fourth-order valence-electron chi connectivity index (χ4n) is 2.35. The lowest BCUT2D eigenvalue weighted by Crippen LogP contribution is -2.33. The van der Waals surface area contributed by atoms with Crippen LogP contribution in [0.4, 0.5) is 4.39 Å². The lowest BCUT2D eigenvalue weighted by molar-refractivity contribution is 0.245. The first-order valence-electron chi connectivity index (χ1n) is 7.24. The van der Waals surface area contributed by atoms with Crippen molar-refractivity contribution in [3.63, 3.8) is 0 Å². The highest BCUT2D eigenvalue weighted by atomic mass is 19.1. The molecule has 0 heterocycles. The fraction of sp³-hybridized carbons (Fsp3) is 0.625. The third-order valence-corrected chi connectivity index (χ3v) is 3.44. The van der Waals surface area contributed by atoms with Gasteiger partial charge >= 0.3 is 0 Å². The van der Waals surface area contributed by atoms with Crippen molar-refractivity contribution in [1.29, 1.82) is 0 Å². The topological polar surface area (TPSA) is 32.3 Å². The first kappa shape index (κ1) is 16.1. The van der Waals surface area contributed by atoms with Gasteiger partial charge in [0, 0.05) is 12.6 Å². The van der Waals surface area contributed by atoms with Gasteiger partial charge in [0.05, 0.1) is 0 Å². The van der Waals surface area contributed by atoms with E-state index in [-0.39, 0.29) is 12.4 Å². The van der Waals surface area contributed by atoms with E-state index in [9.17, 15) is 4.39 Å². The Kier molecular flexibility index (Phi) is 7.68. The number of rotatable bonds is 9. The summed E-state index contributed by atoms with van der Waals surface area (Å²) in [5, 5.41) is 12.5. The van der Waals surface area contributed by atoms with Crippen molar-refractivity contribution in [1.82, 2.24) is 5.32 Å². The minimum atomic E-state index is -0.185. The molecule has 2 unspecified atom stereocenters. The Bertz CT molecular complexity index is 333. The van der Waals surface area contributed by atoms with Crippen LogP contribution in [-0.2, 0) is 6.42 Å². The third-order valence-electron chi connectivity index (χ3n) is 3.44. The molecule has 1 rings (SSSR count). The number of benzene rings is 1. The van der Waals surface area contributed by atoms with Crippen LogP contribution in [0.15, 0.2) is 24.3 Å². The maximum absolute atomic E-state index is 12.8. The smallest absolute Gasteiger partial charge is 0.123 e. The molecule has 2 atom stereocenters. The average molecular weight is 267 g/mol. The van der Waals surface area contributed by atoms with Crippen molar-refractivity contribution in [2.45, 2.75) is 45.6 Å². The summed E-state index contributed by atoms with van der Waals surface area (Å²) in [4.78, 5) is 0. The van der Waals surface area contributed by atoms with E-state index in [1.165, 1.54) is 12.1 Å². The van der Waals surface area contributed by atoms with E-state index in [0.717, 1.165) is 37.8 Å². The highest BCUT2D eigenvalue weighted by Gasteiger charge is 2.09. The Morgan fingerprint density at radius 1 is 1.21 bits per heavy atom. The van der Waals surface area contributed by atoms with E-state index < -0.39 is 0 Å². The number of aliphatic hydroxyl groups excluding tert-OH is 1. The zero-order valence-electron chi connectivity index (χ0n) is 12.0. The zero-order chi connectivity index (χ0) is 14.1. The van der Waals surface area contributed by atoms with Gasteiger partial charge in [-0.05, 0) is 56.3 Å². The molecule has 0 spiro atoms. The largest absolute Gasteiger partial charge is 0.396 e. The molecule has 0 amide bonds. The Hall–Kier alpha value is -0.930. The molecule has 0 fully saturated rings. The summed E-state index contributed by atoms with van der Waals surface area (Å²) in [6.45, 7) is 5.52. The molecular formula is C16H26FNO. The van der Waals surface area contributed by atoms with E-state index in [0.29, 0.717) is 12.0 Å². The van der Waals surface area contributed by atoms with Crippen LogP contribution in [0, 0.1) is 11.7 Å². The summed E-state index contributed by atoms with van der Waals surface area (Å²) in [7, 11) is 0. The van der Waals surface area contributed by atoms with Crippen molar-refractivity contribution in [2.24, 2.45) is 5.92 Å². The second kappa shape index (κ2) is 9.05. The van der Waals surface area contributed by atoms with Crippen LogP contribution in [0.1, 0.15) is 38.7 Å². The molecule has 0 radical (unpaired) electrons. The molecule has 1 aromatic rings. The monoisotopic (exact) mass is 267 g/mol. The molecule has 0 aliphatic carbocycles. The first-order valence-corrected chi connectivity index (χ1v) is 7.24. The normalized spacial score (nSPS) is 14.3. The highest BCUT2D eigenvalue weighted by molar-refractivity contribution is 5.16. The summed E-state index contributed by atoms with van der Waals surface area (Å²) in [5.41, 5.74) is 1.15. The van der Waals surface area contributed by atoms with Crippen molar-refractivity contribution in [3.8, 4) is 0 Å². The Morgan fingerprint density at radius 3 is 2.47 bits per heavy atom. The van der Waals surface area contributed by atoms with Crippen LogP contribution in [0.25, 0.3) is 0 Å². The first-order chi connectivity index (χ1) is 9.15. The third kappa shape index (κ3) is 6.69. The van der Waals surface area contributed by atoms with Crippen molar-refractivity contribution in [2.75, 3.05) is 13.2 Å². The molecule has 0 aromatic heterocycles. The fourth-order valence-corrected chi connectivity index (χ4v) is 2.35. The van der Waals surface area contributed by atoms with Crippen molar-refractivity contribution < 1.29 is 9.50 Å². The van der Waals surface area contributed by atoms with Crippen molar-refractivity contribution in [3.05, 3.63) is 35.6 Å². The maximum Gasteiger partial charge on any atom is 0.123 e. The zero-order valence-corrected chi connectivity index (χ0v) is 12.0. The van der Waals surface area contributed by atoms with Crippen LogP contribution in [-0.4, -0.2) is 24.3 Å². The molecule has 1 aromatic carbocycles. The van der Waals surface area contributed by atoms with Gasteiger partial charge in [0.25, 0.3) is 0 Å².